The van der Waals surface area contributed by atoms with E-state index in [1.807, 2.05) is 4.90 Å². The zero-order valence-electron chi connectivity index (χ0n) is 9.87. The predicted molar refractivity (Wildman–Crippen MR) is 70.4 cm³/mol. The molecule has 1 aromatic heterocycles. The fraction of sp³-hybridized carbons (Fsp3) is 0.583. The predicted octanol–water partition coefficient (Wildman–Crippen LogP) is 2.40. The molecule has 0 aromatic carbocycles. The third-order valence-electron chi connectivity index (χ3n) is 3.50. The molecule has 1 fully saturated rings. The van der Waals surface area contributed by atoms with Gasteiger partial charge in [0.2, 0.25) is 0 Å². The summed E-state index contributed by atoms with van der Waals surface area (Å²) in [6, 6.07) is 1.46. The molecule has 1 saturated heterocycles. The third-order valence-corrected chi connectivity index (χ3v) is 3.94. The molecule has 0 saturated carbocycles. The van der Waals surface area contributed by atoms with Crippen molar-refractivity contribution in [1.29, 1.82) is 0 Å². The standard InChI is InChI=1S/C12H17BrFN3/c1-8-2-3-17(7-9(8)5-15)12-11(14)4-10(13)6-16-12/h4,6,8-9H,2-3,5,7,15H2,1H3. The summed E-state index contributed by atoms with van der Waals surface area (Å²) in [5, 5.41) is 0. The lowest BCUT2D eigenvalue weighted by Gasteiger charge is -2.37. The molecule has 1 aromatic rings. The Balaban J connectivity index is 2.17. The van der Waals surface area contributed by atoms with Crippen molar-refractivity contribution >= 4 is 21.7 Å². The zero-order valence-corrected chi connectivity index (χ0v) is 11.5. The highest BCUT2D eigenvalue weighted by atomic mass is 79.9. The van der Waals surface area contributed by atoms with Crippen molar-refractivity contribution in [2.75, 3.05) is 24.5 Å². The van der Waals surface area contributed by atoms with Crippen molar-refractivity contribution in [1.82, 2.24) is 4.98 Å². The maximum atomic E-state index is 13.8. The van der Waals surface area contributed by atoms with Crippen LogP contribution in [-0.2, 0) is 0 Å². The minimum absolute atomic E-state index is 0.273. The number of nitrogens with zero attached hydrogens (tertiary/aromatic N) is 2. The molecule has 1 aliphatic rings. The van der Waals surface area contributed by atoms with Gasteiger partial charge in [0, 0.05) is 23.8 Å². The van der Waals surface area contributed by atoms with Gasteiger partial charge in [-0.25, -0.2) is 9.37 Å². The highest BCUT2D eigenvalue weighted by molar-refractivity contribution is 9.10. The summed E-state index contributed by atoms with van der Waals surface area (Å²) < 4.78 is 14.5. The van der Waals surface area contributed by atoms with Gasteiger partial charge in [-0.3, -0.25) is 0 Å². The molecule has 0 radical (unpaired) electrons. The van der Waals surface area contributed by atoms with Crippen molar-refractivity contribution < 1.29 is 4.39 Å². The maximum absolute atomic E-state index is 13.8. The van der Waals surface area contributed by atoms with E-state index < -0.39 is 0 Å². The maximum Gasteiger partial charge on any atom is 0.166 e. The number of rotatable bonds is 2. The van der Waals surface area contributed by atoms with E-state index in [0.717, 1.165) is 19.5 Å². The first-order valence-corrected chi connectivity index (χ1v) is 6.67. The Morgan fingerprint density at radius 3 is 3.06 bits per heavy atom. The summed E-state index contributed by atoms with van der Waals surface area (Å²) in [7, 11) is 0. The molecule has 0 spiro atoms. The van der Waals surface area contributed by atoms with Crippen LogP contribution in [0.5, 0.6) is 0 Å². The third kappa shape index (κ3) is 2.77. The normalized spacial score (nSPS) is 25.1. The quantitative estimate of drug-likeness (QED) is 0.912. The van der Waals surface area contributed by atoms with E-state index in [1.54, 1.807) is 6.20 Å². The highest BCUT2D eigenvalue weighted by Gasteiger charge is 2.27. The Hall–Kier alpha value is -0.680. The molecule has 0 amide bonds. The second-order valence-electron chi connectivity index (χ2n) is 4.67. The highest BCUT2D eigenvalue weighted by Crippen LogP contribution is 2.28. The molecule has 2 heterocycles. The van der Waals surface area contributed by atoms with Gasteiger partial charge in [-0.05, 0) is 46.8 Å². The molecule has 5 heteroatoms. The Kier molecular flexibility index (Phi) is 3.99. The van der Waals surface area contributed by atoms with Gasteiger partial charge in [0.15, 0.2) is 11.6 Å². The zero-order chi connectivity index (χ0) is 12.4. The van der Waals surface area contributed by atoms with Crippen LogP contribution in [0.4, 0.5) is 10.2 Å². The average molecular weight is 302 g/mol. The van der Waals surface area contributed by atoms with E-state index in [1.165, 1.54) is 6.07 Å². The SMILES string of the molecule is CC1CCN(c2ncc(Br)cc2F)CC1CN. The molecule has 94 valence electrons. The monoisotopic (exact) mass is 301 g/mol. The molecule has 3 nitrogen and oxygen atoms in total. The topological polar surface area (TPSA) is 42.2 Å². The number of hydrogen-bond donors (Lipinski definition) is 1. The van der Waals surface area contributed by atoms with Gasteiger partial charge in [-0.1, -0.05) is 6.92 Å². The molecule has 2 unspecified atom stereocenters. The van der Waals surface area contributed by atoms with Crippen LogP contribution in [-0.4, -0.2) is 24.6 Å². The van der Waals surface area contributed by atoms with Crippen molar-refractivity contribution in [3.05, 3.63) is 22.6 Å². The molecule has 0 bridgehead atoms. The van der Waals surface area contributed by atoms with Gasteiger partial charge in [0.1, 0.15) is 0 Å². The van der Waals surface area contributed by atoms with Crippen LogP contribution < -0.4 is 10.6 Å². The van der Waals surface area contributed by atoms with E-state index >= 15 is 0 Å². The molecular formula is C12H17BrFN3. The van der Waals surface area contributed by atoms with Crippen LogP contribution in [0.3, 0.4) is 0 Å². The van der Waals surface area contributed by atoms with Crippen molar-refractivity contribution in [3.63, 3.8) is 0 Å². The number of hydrogen-bond acceptors (Lipinski definition) is 3. The summed E-state index contributed by atoms with van der Waals surface area (Å²) in [4.78, 5) is 6.16. The van der Waals surface area contributed by atoms with E-state index in [-0.39, 0.29) is 5.82 Å². The van der Waals surface area contributed by atoms with Crippen LogP contribution in [0.2, 0.25) is 0 Å². The largest absolute Gasteiger partial charge is 0.354 e. The molecule has 2 atom stereocenters. The lowest BCUT2D eigenvalue weighted by molar-refractivity contribution is 0.305. The van der Waals surface area contributed by atoms with Crippen LogP contribution in [0.15, 0.2) is 16.7 Å². The number of aromatic nitrogens is 1. The Bertz CT molecular complexity index is 399. The van der Waals surface area contributed by atoms with Crippen LogP contribution in [0, 0.1) is 17.7 Å². The van der Waals surface area contributed by atoms with E-state index in [0.29, 0.717) is 28.7 Å². The van der Waals surface area contributed by atoms with Crippen molar-refractivity contribution in [3.8, 4) is 0 Å². The number of nitrogens with two attached hydrogens (primary N) is 1. The molecular weight excluding hydrogens is 285 g/mol. The van der Waals surface area contributed by atoms with Crippen LogP contribution in [0.25, 0.3) is 0 Å². The summed E-state index contributed by atoms with van der Waals surface area (Å²) in [5.74, 6) is 1.20. The number of piperidine rings is 1. The average Bonchev–Trinajstić information content (AvgIpc) is 2.30. The number of anilines is 1. The molecule has 2 N–H and O–H groups in total. The second-order valence-corrected chi connectivity index (χ2v) is 5.58. The smallest absolute Gasteiger partial charge is 0.166 e. The van der Waals surface area contributed by atoms with E-state index in [4.69, 9.17) is 5.73 Å². The van der Waals surface area contributed by atoms with Crippen molar-refractivity contribution in [2.24, 2.45) is 17.6 Å². The van der Waals surface area contributed by atoms with E-state index in [2.05, 4.69) is 27.8 Å². The van der Waals surface area contributed by atoms with E-state index in [9.17, 15) is 4.39 Å². The molecule has 2 rings (SSSR count). The van der Waals surface area contributed by atoms with Gasteiger partial charge >= 0.3 is 0 Å². The van der Waals surface area contributed by atoms with Gasteiger partial charge in [0.05, 0.1) is 0 Å². The Morgan fingerprint density at radius 1 is 1.65 bits per heavy atom. The summed E-state index contributed by atoms with van der Waals surface area (Å²) in [5.41, 5.74) is 5.75. The second kappa shape index (κ2) is 5.31. The summed E-state index contributed by atoms with van der Waals surface area (Å²) >= 11 is 3.21. The van der Waals surface area contributed by atoms with Crippen LogP contribution in [0.1, 0.15) is 13.3 Å². The molecule has 17 heavy (non-hydrogen) atoms. The fourth-order valence-corrected chi connectivity index (χ4v) is 2.59. The first-order valence-electron chi connectivity index (χ1n) is 5.88. The summed E-state index contributed by atoms with van der Waals surface area (Å²) in [6.45, 7) is 4.50. The van der Waals surface area contributed by atoms with Gasteiger partial charge < -0.3 is 10.6 Å². The number of halogens is 2. The van der Waals surface area contributed by atoms with Gasteiger partial charge in [-0.2, -0.15) is 0 Å². The Morgan fingerprint density at radius 2 is 2.41 bits per heavy atom. The Labute approximate surface area is 109 Å². The first kappa shape index (κ1) is 12.8. The van der Waals surface area contributed by atoms with Gasteiger partial charge in [-0.15, -0.1) is 0 Å². The molecule has 0 aliphatic carbocycles. The number of pyridine rings is 1. The lowest BCUT2D eigenvalue weighted by Crippen LogP contribution is -2.43. The summed E-state index contributed by atoms with van der Waals surface area (Å²) in [6.07, 6.45) is 2.67. The fourth-order valence-electron chi connectivity index (χ4n) is 2.29. The minimum atomic E-state index is -0.273. The lowest BCUT2D eigenvalue weighted by atomic mass is 9.87. The van der Waals surface area contributed by atoms with Crippen molar-refractivity contribution in [2.45, 2.75) is 13.3 Å². The minimum Gasteiger partial charge on any atom is -0.354 e. The van der Waals surface area contributed by atoms with Crippen LogP contribution >= 0.6 is 15.9 Å². The van der Waals surface area contributed by atoms with Gasteiger partial charge in [0.25, 0.3) is 0 Å². The first-order chi connectivity index (χ1) is 8.11. The molecule has 1 aliphatic heterocycles.